The molecule has 1 aromatic heterocycles. The largest absolute Gasteiger partial charge is 0.478 e. The summed E-state index contributed by atoms with van der Waals surface area (Å²) in [5.41, 5.74) is 0.130. The number of rotatable bonds is 5. The van der Waals surface area contributed by atoms with Crippen LogP contribution < -0.4 is 9.62 Å². The second-order valence-corrected chi connectivity index (χ2v) is 7.90. The molecule has 2 N–H and O–H groups in total. The Balaban J connectivity index is 1.90. The van der Waals surface area contributed by atoms with Gasteiger partial charge in [0.1, 0.15) is 11.4 Å². The van der Waals surface area contributed by atoms with Crippen molar-refractivity contribution < 1.29 is 18.3 Å². The highest BCUT2D eigenvalue weighted by molar-refractivity contribution is 7.92. The maximum Gasteiger partial charge on any atom is 0.339 e. The van der Waals surface area contributed by atoms with Crippen LogP contribution in [0.4, 0.5) is 11.5 Å². The van der Waals surface area contributed by atoms with Gasteiger partial charge in [-0.05, 0) is 31.0 Å². The summed E-state index contributed by atoms with van der Waals surface area (Å²) in [6.07, 6.45) is 5.58. The first kappa shape index (κ1) is 18.2. The minimum atomic E-state index is -3.80. The molecular weight excluding hydrogens is 354 g/mol. The number of anilines is 2. The van der Waals surface area contributed by atoms with Crippen LogP contribution in [0.5, 0.6) is 0 Å². The number of carboxylic acid groups (broad SMARTS) is 1. The number of pyridine rings is 1. The number of carboxylic acids is 1. The van der Waals surface area contributed by atoms with E-state index in [9.17, 15) is 18.3 Å². The third-order valence-corrected chi connectivity index (χ3v) is 5.71. The Hall–Kier alpha value is -2.61. The van der Waals surface area contributed by atoms with E-state index in [-0.39, 0.29) is 16.1 Å². The number of aromatic nitrogens is 1. The Bertz CT molecular complexity index is 877. The van der Waals surface area contributed by atoms with Crippen molar-refractivity contribution in [1.29, 1.82) is 0 Å². The Labute approximate surface area is 152 Å². The van der Waals surface area contributed by atoms with Gasteiger partial charge in [0.05, 0.1) is 16.8 Å². The molecule has 1 aromatic carbocycles. The SMILES string of the molecule is O=C(O)c1cc(NS(=O)(=O)c2ccccc2)cnc1N1CCCCCC1. The first-order valence-electron chi connectivity index (χ1n) is 8.53. The molecule has 1 aliphatic heterocycles. The number of nitrogens with zero attached hydrogens (tertiary/aromatic N) is 2. The number of benzene rings is 1. The van der Waals surface area contributed by atoms with E-state index in [0.29, 0.717) is 5.82 Å². The fourth-order valence-corrected chi connectivity index (χ4v) is 4.07. The summed E-state index contributed by atoms with van der Waals surface area (Å²) in [5, 5.41) is 9.56. The van der Waals surface area contributed by atoms with Crippen molar-refractivity contribution in [2.75, 3.05) is 22.7 Å². The smallest absolute Gasteiger partial charge is 0.339 e. The number of nitrogens with one attached hydrogen (secondary N) is 1. The summed E-state index contributed by atoms with van der Waals surface area (Å²) in [4.78, 5) is 18.0. The van der Waals surface area contributed by atoms with E-state index in [1.165, 1.54) is 24.4 Å². The van der Waals surface area contributed by atoms with E-state index in [1.807, 2.05) is 4.90 Å². The summed E-state index contributed by atoms with van der Waals surface area (Å²) in [7, 11) is -3.80. The van der Waals surface area contributed by atoms with Gasteiger partial charge in [-0.25, -0.2) is 18.2 Å². The van der Waals surface area contributed by atoms with Crippen LogP contribution in [0.2, 0.25) is 0 Å². The van der Waals surface area contributed by atoms with Gasteiger partial charge in [-0.3, -0.25) is 4.72 Å². The first-order valence-corrected chi connectivity index (χ1v) is 10.0. The van der Waals surface area contributed by atoms with Crippen molar-refractivity contribution in [1.82, 2.24) is 4.98 Å². The highest BCUT2D eigenvalue weighted by atomic mass is 32.2. The van der Waals surface area contributed by atoms with Gasteiger partial charge in [0, 0.05) is 13.1 Å². The van der Waals surface area contributed by atoms with Crippen LogP contribution in [0.1, 0.15) is 36.0 Å². The van der Waals surface area contributed by atoms with Gasteiger partial charge >= 0.3 is 5.97 Å². The average Bonchev–Trinajstić information content (AvgIpc) is 2.91. The second-order valence-electron chi connectivity index (χ2n) is 6.22. The highest BCUT2D eigenvalue weighted by Gasteiger charge is 2.21. The minimum absolute atomic E-state index is 0.000150. The molecule has 1 saturated heterocycles. The molecule has 3 rings (SSSR count). The summed E-state index contributed by atoms with van der Waals surface area (Å²) < 4.78 is 27.2. The quantitative estimate of drug-likeness (QED) is 0.833. The van der Waals surface area contributed by atoms with Crippen LogP contribution in [-0.4, -0.2) is 37.6 Å². The lowest BCUT2D eigenvalue weighted by molar-refractivity contribution is 0.0697. The zero-order chi connectivity index (χ0) is 18.6. The number of hydrogen-bond donors (Lipinski definition) is 2. The number of carbonyl (C=O) groups is 1. The molecule has 0 saturated carbocycles. The lowest BCUT2D eigenvalue weighted by Gasteiger charge is -2.23. The van der Waals surface area contributed by atoms with Gasteiger partial charge in [-0.2, -0.15) is 0 Å². The van der Waals surface area contributed by atoms with Gasteiger partial charge < -0.3 is 10.0 Å². The van der Waals surface area contributed by atoms with Crippen LogP contribution in [-0.2, 0) is 10.0 Å². The van der Waals surface area contributed by atoms with Gasteiger partial charge in [0.2, 0.25) is 0 Å². The minimum Gasteiger partial charge on any atom is -0.478 e. The van der Waals surface area contributed by atoms with Gasteiger partial charge in [-0.15, -0.1) is 0 Å². The summed E-state index contributed by atoms with van der Waals surface area (Å²) in [6.45, 7) is 1.50. The molecule has 0 aliphatic carbocycles. The highest BCUT2D eigenvalue weighted by Crippen LogP contribution is 2.25. The van der Waals surface area contributed by atoms with Crippen molar-refractivity contribution in [3.63, 3.8) is 0 Å². The summed E-state index contributed by atoms with van der Waals surface area (Å²) >= 11 is 0. The Morgan fingerprint density at radius 2 is 1.73 bits per heavy atom. The molecule has 1 fully saturated rings. The van der Waals surface area contributed by atoms with Crippen molar-refractivity contribution >= 4 is 27.5 Å². The monoisotopic (exact) mass is 375 g/mol. The van der Waals surface area contributed by atoms with E-state index >= 15 is 0 Å². The summed E-state index contributed by atoms with van der Waals surface area (Å²) in [5.74, 6) is -0.737. The molecule has 2 heterocycles. The molecule has 0 radical (unpaired) electrons. The molecule has 7 nitrogen and oxygen atoms in total. The number of aromatic carboxylic acids is 1. The molecule has 1 aliphatic rings. The zero-order valence-corrected chi connectivity index (χ0v) is 15.1. The van der Waals surface area contributed by atoms with E-state index in [0.717, 1.165) is 38.8 Å². The van der Waals surface area contributed by atoms with Gasteiger partial charge in [-0.1, -0.05) is 31.0 Å². The predicted octanol–water partition coefficient (Wildman–Crippen LogP) is 2.96. The molecule has 0 unspecified atom stereocenters. The van der Waals surface area contributed by atoms with Crippen molar-refractivity contribution in [2.24, 2.45) is 0 Å². The first-order chi connectivity index (χ1) is 12.5. The Kier molecular flexibility index (Phi) is 5.41. The molecular formula is C18H21N3O4S. The summed E-state index contributed by atoms with van der Waals surface area (Å²) in [6, 6.07) is 9.24. The Morgan fingerprint density at radius 3 is 2.35 bits per heavy atom. The molecule has 0 bridgehead atoms. The number of sulfonamides is 1. The maximum atomic E-state index is 12.4. The molecule has 0 atom stereocenters. The normalized spacial score (nSPS) is 15.3. The molecule has 0 amide bonds. The standard InChI is InChI=1S/C18H21N3O4S/c22-18(23)16-12-14(20-26(24,25)15-8-4-3-5-9-15)13-19-17(16)21-10-6-1-2-7-11-21/h3-5,8-9,12-13,20H,1-2,6-7,10-11H2,(H,22,23). The van der Waals surface area contributed by atoms with Crippen LogP contribution in [0.15, 0.2) is 47.5 Å². The van der Waals surface area contributed by atoms with E-state index in [2.05, 4.69) is 9.71 Å². The third-order valence-electron chi connectivity index (χ3n) is 4.31. The predicted molar refractivity (Wildman–Crippen MR) is 99.1 cm³/mol. The van der Waals surface area contributed by atoms with Crippen LogP contribution in [0, 0.1) is 0 Å². The third kappa shape index (κ3) is 4.13. The van der Waals surface area contributed by atoms with Crippen molar-refractivity contribution in [3.05, 3.63) is 48.2 Å². The lowest BCUT2D eigenvalue weighted by atomic mass is 10.2. The fraction of sp³-hybridized carbons (Fsp3) is 0.333. The molecule has 138 valence electrons. The van der Waals surface area contributed by atoms with Crippen molar-refractivity contribution in [2.45, 2.75) is 30.6 Å². The average molecular weight is 375 g/mol. The van der Waals surface area contributed by atoms with E-state index < -0.39 is 16.0 Å². The lowest BCUT2D eigenvalue weighted by Crippen LogP contribution is -2.27. The van der Waals surface area contributed by atoms with E-state index in [1.54, 1.807) is 18.2 Å². The second kappa shape index (κ2) is 7.74. The molecule has 26 heavy (non-hydrogen) atoms. The van der Waals surface area contributed by atoms with E-state index in [4.69, 9.17) is 0 Å². The van der Waals surface area contributed by atoms with Gasteiger partial charge in [0.15, 0.2) is 0 Å². The molecule has 2 aromatic rings. The Morgan fingerprint density at radius 1 is 1.08 bits per heavy atom. The zero-order valence-electron chi connectivity index (χ0n) is 14.3. The van der Waals surface area contributed by atoms with Gasteiger partial charge in [0.25, 0.3) is 10.0 Å². The van der Waals surface area contributed by atoms with Crippen LogP contribution in [0.25, 0.3) is 0 Å². The van der Waals surface area contributed by atoms with Crippen molar-refractivity contribution in [3.8, 4) is 0 Å². The topological polar surface area (TPSA) is 99.6 Å². The molecule has 0 spiro atoms. The van der Waals surface area contributed by atoms with Crippen LogP contribution >= 0.6 is 0 Å². The number of hydrogen-bond acceptors (Lipinski definition) is 5. The van der Waals surface area contributed by atoms with Crippen LogP contribution in [0.3, 0.4) is 0 Å². The molecule has 8 heteroatoms. The fourth-order valence-electron chi connectivity index (χ4n) is 3.02. The maximum absolute atomic E-state index is 12.4.